The third-order valence-corrected chi connectivity index (χ3v) is 5.08. The zero-order valence-corrected chi connectivity index (χ0v) is 16.2. The summed E-state index contributed by atoms with van der Waals surface area (Å²) in [6.07, 6.45) is 4.20. The average molecular weight is 372 g/mol. The number of benzene rings is 2. The number of H-pyrrole nitrogens is 1. The predicted molar refractivity (Wildman–Crippen MR) is 113 cm³/mol. The maximum Gasteiger partial charge on any atom is 0.224 e. The number of aromatic nitrogens is 3. The van der Waals surface area contributed by atoms with Crippen LogP contribution in [0.15, 0.2) is 60.8 Å². The van der Waals surface area contributed by atoms with Gasteiger partial charge in [0.25, 0.3) is 0 Å². The number of anilines is 1. The Morgan fingerprint density at radius 3 is 2.64 bits per heavy atom. The van der Waals surface area contributed by atoms with Crippen LogP contribution in [0.25, 0.3) is 16.6 Å². The normalized spacial score (nSPS) is 11.1. The van der Waals surface area contributed by atoms with Gasteiger partial charge in [0.2, 0.25) is 5.91 Å². The van der Waals surface area contributed by atoms with E-state index in [0.29, 0.717) is 6.42 Å². The fourth-order valence-corrected chi connectivity index (χ4v) is 3.62. The monoisotopic (exact) mass is 372 g/mol. The summed E-state index contributed by atoms with van der Waals surface area (Å²) in [7, 11) is 0. The van der Waals surface area contributed by atoms with E-state index in [-0.39, 0.29) is 5.91 Å². The highest BCUT2D eigenvalue weighted by atomic mass is 16.1. The van der Waals surface area contributed by atoms with Crippen molar-refractivity contribution in [2.45, 2.75) is 33.1 Å². The molecule has 5 nitrogen and oxygen atoms in total. The highest BCUT2D eigenvalue weighted by Gasteiger charge is 2.15. The SMILES string of the molecule is Cc1nn(-c2ccccc2)c(C)c1NC(=O)CCCc1c[nH]c2ccccc12. The number of aryl methyl sites for hydroxylation is 2. The molecule has 1 amide bonds. The lowest BCUT2D eigenvalue weighted by Gasteiger charge is -2.07. The molecule has 4 rings (SSSR count). The topological polar surface area (TPSA) is 62.7 Å². The first kappa shape index (κ1) is 18.0. The molecule has 2 N–H and O–H groups in total. The number of nitrogens with zero attached hydrogens (tertiary/aromatic N) is 2. The molecule has 0 spiro atoms. The van der Waals surface area contributed by atoms with Gasteiger partial charge < -0.3 is 10.3 Å². The summed E-state index contributed by atoms with van der Waals surface area (Å²) in [5.41, 5.74) is 5.96. The maximum absolute atomic E-state index is 12.5. The maximum atomic E-state index is 12.5. The van der Waals surface area contributed by atoms with Gasteiger partial charge in [0.05, 0.1) is 22.8 Å². The minimum atomic E-state index is 0.0265. The predicted octanol–water partition coefficient (Wildman–Crippen LogP) is 4.93. The lowest BCUT2D eigenvalue weighted by atomic mass is 10.1. The molecule has 0 aliphatic rings. The van der Waals surface area contributed by atoms with Crippen molar-refractivity contribution in [1.29, 1.82) is 0 Å². The van der Waals surface area contributed by atoms with E-state index in [1.807, 2.05) is 67.2 Å². The van der Waals surface area contributed by atoms with Gasteiger partial charge in [-0.3, -0.25) is 4.79 Å². The minimum Gasteiger partial charge on any atom is -0.361 e. The van der Waals surface area contributed by atoms with Gasteiger partial charge in [-0.15, -0.1) is 0 Å². The molecule has 0 saturated carbocycles. The smallest absolute Gasteiger partial charge is 0.224 e. The van der Waals surface area contributed by atoms with Gasteiger partial charge >= 0.3 is 0 Å². The van der Waals surface area contributed by atoms with E-state index in [2.05, 4.69) is 27.5 Å². The van der Waals surface area contributed by atoms with Gasteiger partial charge in [0, 0.05) is 23.5 Å². The number of hydrogen-bond acceptors (Lipinski definition) is 2. The van der Waals surface area contributed by atoms with Crippen LogP contribution in [0.5, 0.6) is 0 Å². The van der Waals surface area contributed by atoms with Crippen LogP contribution < -0.4 is 5.32 Å². The summed E-state index contributed by atoms with van der Waals surface area (Å²) in [5.74, 6) is 0.0265. The molecule has 2 aromatic carbocycles. The van der Waals surface area contributed by atoms with Crippen molar-refractivity contribution in [3.63, 3.8) is 0 Å². The van der Waals surface area contributed by atoms with Crippen molar-refractivity contribution in [3.8, 4) is 5.69 Å². The van der Waals surface area contributed by atoms with Crippen LogP contribution in [0.2, 0.25) is 0 Å². The van der Waals surface area contributed by atoms with Gasteiger partial charge in [-0.25, -0.2) is 4.68 Å². The molecule has 0 unspecified atom stereocenters. The van der Waals surface area contributed by atoms with E-state index in [4.69, 9.17) is 0 Å². The van der Waals surface area contributed by atoms with Gasteiger partial charge in [0.1, 0.15) is 0 Å². The van der Waals surface area contributed by atoms with Crippen molar-refractivity contribution >= 4 is 22.5 Å². The van der Waals surface area contributed by atoms with Crippen molar-refractivity contribution in [2.75, 3.05) is 5.32 Å². The van der Waals surface area contributed by atoms with Crippen LogP contribution in [0.4, 0.5) is 5.69 Å². The Balaban J connectivity index is 1.39. The molecule has 0 saturated heterocycles. The second-order valence-corrected chi connectivity index (χ2v) is 7.05. The summed E-state index contributed by atoms with van der Waals surface area (Å²) in [4.78, 5) is 15.8. The lowest BCUT2D eigenvalue weighted by Crippen LogP contribution is -2.13. The van der Waals surface area contributed by atoms with Gasteiger partial charge in [0.15, 0.2) is 0 Å². The summed E-state index contributed by atoms with van der Waals surface area (Å²) in [6.45, 7) is 3.91. The number of carbonyl (C=O) groups is 1. The number of fused-ring (bicyclic) bond motifs is 1. The molecule has 0 aliphatic heterocycles. The van der Waals surface area contributed by atoms with Crippen molar-refractivity contribution in [3.05, 3.63) is 77.7 Å². The summed E-state index contributed by atoms with van der Waals surface area (Å²) in [6, 6.07) is 18.2. The van der Waals surface area contributed by atoms with E-state index >= 15 is 0 Å². The first-order valence-corrected chi connectivity index (χ1v) is 9.60. The molecule has 0 aliphatic carbocycles. The van der Waals surface area contributed by atoms with Crippen LogP contribution in [-0.2, 0) is 11.2 Å². The molecule has 0 radical (unpaired) electrons. The van der Waals surface area contributed by atoms with Crippen LogP contribution in [0, 0.1) is 13.8 Å². The quantitative estimate of drug-likeness (QED) is 0.504. The Hall–Kier alpha value is -3.34. The summed E-state index contributed by atoms with van der Waals surface area (Å²) < 4.78 is 1.87. The minimum absolute atomic E-state index is 0.0265. The Bertz CT molecular complexity index is 1110. The second kappa shape index (κ2) is 7.72. The number of rotatable bonds is 6. The number of para-hydroxylation sites is 2. The highest BCUT2D eigenvalue weighted by molar-refractivity contribution is 5.92. The Morgan fingerprint density at radius 2 is 1.82 bits per heavy atom. The van der Waals surface area contributed by atoms with Crippen molar-refractivity contribution in [1.82, 2.24) is 14.8 Å². The first-order chi connectivity index (χ1) is 13.6. The van der Waals surface area contributed by atoms with Crippen molar-refractivity contribution in [2.24, 2.45) is 0 Å². The van der Waals surface area contributed by atoms with E-state index in [9.17, 15) is 4.79 Å². The second-order valence-electron chi connectivity index (χ2n) is 7.05. The molecule has 2 heterocycles. The highest BCUT2D eigenvalue weighted by Crippen LogP contribution is 2.23. The van der Waals surface area contributed by atoms with Crippen LogP contribution in [0.1, 0.15) is 29.8 Å². The zero-order valence-electron chi connectivity index (χ0n) is 16.2. The van der Waals surface area contributed by atoms with Gasteiger partial charge in [-0.2, -0.15) is 5.10 Å². The van der Waals surface area contributed by atoms with Crippen LogP contribution in [0.3, 0.4) is 0 Å². The van der Waals surface area contributed by atoms with E-state index in [1.165, 1.54) is 10.9 Å². The molecule has 5 heteroatoms. The first-order valence-electron chi connectivity index (χ1n) is 9.60. The molecular formula is C23H24N4O. The fourth-order valence-electron chi connectivity index (χ4n) is 3.62. The number of hydrogen-bond donors (Lipinski definition) is 2. The fraction of sp³-hybridized carbons (Fsp3) is 0.217. The summed E-state index contributed by atoms with van der Waals surface area (Å²) >= 11 is 0. The molecule has 142 valence electrons. The van der Waals surface area contributed by atoms with Gasteiger partial charge in [-0.05, 0) is 50.5 Å². The molecule has 28 heavy (non-hydrogen) atoms. The third kappa shape index (κ3) is 3.56. The average Bonchev–Trinajstić information content (AvgIpc) is 3.25. The number of aromatic amines is 1. The molecule has 0 bridgehead atoms. The molecular weight excluding hydrogens is 348 g/mol. The molecule has 0 fully saturated rings. The Labute approximate surface area is 164 Å². The van der Waals surface area contributed by atoms with E-state index in [0.717, 1.165) is 41.1 Å². The number of nitrogens with one attached hydrogen (secondary N) is 2. The standard InChI is InChI=1S/C23H24N4O/c1-16-23(17(2)27(26-16)19-10-4-3-5-11-19)25-22(28)14-8-9-18-15-24-21-13-7-6-12-20(18)21/h3-7,10-13,15,24H,8-9,14H2,1-2H3,(H,25,28). The van der Waals surface area contributed by atoms with E-state index < -0.39 is 0 Å². The number of carbonyl (C=O) groups excluding carboxylic acids is 1. The lowest BCUT2D eigenvalue weighted by molar-refractivity contribution is -0.116. The van der Waals surface area contributed by atoms with Crippen LogP contribution in [-0.4, -0.2) is 20.7 Å². The largest absolute Gasteiger partial charge is 0.361 e. The molecule has 0 atom stereocenters. The van der Waals surface area contributed by atoms with Crippen molar-refractivity contribution < 1.29 is 4.79 Å². The van der Waals surface area contributed by atoms with E-state index in [1.54, 1.807) is 0 Å². The number of amides is 1. The molecule has 4 aromatic rings. The Morgan fingerprint density at radius 1 is 1.07 bits per heavy atom. The summed E-state index contributed by atoms with van der Waals surface area (Å²) in [5, 5.41) is 8.88. The zero-order chi connectivity index (χ0) is 19.5. The third-order valence-electron chi connectivity index (χ3n) is 5.08. The van der Waals surface area contributed by atoms with Gasteiger partial charge in [-0.1, -0.05) is 36.4 Å². The van der Waals surface area contributed by atoms with Crippen LogP contribution >= 0.6 is 0 Å². The Kier molecular flexibility index (Phi) is 4.98. The molecule has 2 aromatic heterocycles.